The van der Waals surface area contributed by atoms with Crippen LogP contribution >= 0.6 is 0 Å². The lowest BCUT2D eigenvalue weighted by Crippen LogP contribution is -2.54. The molecule has 6 nitrogen and oxygen atoms in total. The summed E-state index contributed by atoms with van der Waals surface area (Å²) in [5.41, 5.74) is 3.39. The van der Waals surface area contributed by atoms with E-state index in [4.69, 9.17) is 9.47 Å². The number of nitrogens with zero attached hydrogens (tertiary/aromatic N) is 2. The fraction of sp³-hybridized carbons (Fsp3) is 0.476. The summed E-state index contributed by atoms with van der Waals surface area (Å²) in [6.07, 6.45) is 4.89. The highest BCUT2D eigenvalue weighted by Gasteiger charge is 2.40. The van der Waals surface area contributed by atoms with Gasteiger partial charge in [0.25, 0.3) is 0 Å². The summed E-state index contributed by atoms with van der Waals surface area (Å²) < 4.78 is 13.7. The molecule has 3 aliphatic heterocycles. The number of hydrogen-bond acceptors (Lipinski definition) is 4. The van der Waals surface area contributed by atoms with Crippen LogP contribution in [0.5, 0.6) is 0 Å². The molecule has 0 aliphatic carbocycles. The summed E-state index contributed by atoms with van der Waals surface area (Å²) in [4.78, 5) is 15.2. The zero-order valence-corrected chi connectivity index (χ0v) is 15.4. The standard InChI is InChI=1S/C21H25N3O3/c1-2-18(27-19-9-5-6-12-26-19)23-13-16-20-15(10-11-22-16)14-7-3-4-8-17(14)24(20)21(23)25/h2-4,7-8,16,18-19,22H,1,5-6,9-13H2. The molecule has 5 rings (SSSR count). The van der Waals surface area contributed by atoms with Crippen LogP contribution in [0, 0.1) is 0 Å². The van der Waals surface area contributed by atoms with E-state index < -0.39 is 6.23 Å². The van der Waals surface area contributed by atoms with E-state index in [2.05, 4.69) is 18.0 Å². The third-order valence-electron chi connectivity index (χ3n) is 5.87. The Bertz CT molecular complexity index is 884. The number of nitrogens with one attached hydrogen (secondary N) is 1. The SMILES string of the molecule is C=CC(OC1CCCCO1)N1CC2NCCc3c2n(c2ccccc32)C1=O. The van der Waals surface area contributed by atoms with Crippen molar-refractivity contribution in [3.05, 3.63) is 48.2 Å². The van der Waals surface area contributed by atoms with E-state index in [9.17, 15) is 4.79 Å². The molecule has 1 N–H and O–H groups in total. The maximum atomic E-state index is 13.5. The number of amides is 1. The molecule has 1 amide bonds. The monoisotopic (exact) mass is 367 g/mol. The first-order valence-electron chi connectivity index (χ1n) is 9.84. The number of aromatic nitrogens is 1. The van der Waals surface area contributed by atoms with Gasteiger partial charge in [0.2, 0.25) is 0 Å². The first kappa shape index (κ1) is 17.0. The fourth-order valence-corrected chi connectivity index (χ4v) is 4.63. The van der Waals surface area contributed by atoms with E-state index >= 15 is 0 Å². The molecule has 3 unspecified atom stereocenters. The summed E-state index contributed by atoms with van der Waals surface area (Å²) in [7, 11) is 0. The lowest BCUT2D eigenvalue weighted by molar-refractivity contribution is -0.201. The highest BCUT2D eigenvalue weighted by Crippen LogP contribution is 2.37. The van der Waals surface area contributed by atoms with E-state index in [1.54, 1.807) is 11.0 Å². The van der Waals surface area contributed by atoms with Crippen LogP contribution < -0.4 is 5.32 Å². The molecule has 27 heavy (non-hydrogen) atoms. The van der Waals surface area contributed by atoms with Crippen molar-refractivity contribution >= 4 is 16.9 Å². The minimum absolute atomic E-state index is 0.0480. The molecule has 0 saturated carbocycles. The van der Waals surface area contributed by atoms with Crippen LogP contribution in [0.2, 0.25) is 0 Å². The third-order valence-corrected chi connectivity index (χ3v) is 5.87. The van der Waals surface area contributed by atoms with E-state index in [1.165, 1.54) is 10.9 Å². The number of fused-ring (bicyclic) bond motifs is 3. The minimum Gasteiger partial charge on any atom is -0.353 e. The molecule has 0 spiro atoms. The molecule has 3 atom stereocenters. The van der Waals surface area contributed by atoms with E-state index in [1.807, 2.05) is 22.8 Å². The van der Waals surface area contributed by atoms with Gasteiger partial charge >= 0.3 is 6.03 Å². The average molecular weight is 367 g/mol. The average Bonchev–Trinajstić information content (AvgIpc) is 3.06. The summed E-state index contributed by atoms with van der Waals surface area (Å²) in [6.45, 7) is 6.12. The normalized spacial score (nSPS) is 26.1. The Morgan fingerprint density at radius 3 is 3.04 bits per heavy atom. The third kappa shape index (κ3) is 2.71. The van der Waals surface area contributed by atoms with Gasteiger partial charge in [-0.3, -0.25) is 9.47 Å². The van der Waals surface area contributed by atoms with Gasteiger partial charge in [0.05, 0.1) is 17.3 Å². The van der Waals surface area contributed by atoms with Gasteiger partial charge in [-0.2, -0.15) is 0 Å². The van der Waals surface area contributed by atoms with Crippen LogP contribution in [0.3, 0.4) is 0 Å². The van der Waals surface area contributed by atoms with E-state index in [-0.39, 0.29) is 18.4 Å². The number of benzene rings is 1. The number of ether oxygens (including phenoxy) is 2. The first-order valence-corrected chi connectivity index (χ1v) is 9.84. The van der Waals surface area contributed by atoms with Gasteiger partial charge in [0.15, 0.2) is 12.5 Å². The second kappa shape index (κ2) is 6.78. The van der Waals surface area contributed by atoms with Crippen LogP contribution in [0.1, 0.15) is 36.6 Å². The Balaban J connectivity index is 1.53. The number of hydrogen-bond donors (Lipinski definition) is 1. The fourth-order valence-electron chi connectivity index (χ4n) is 4.63. The van der Waals surface area contributed by atoms with Gasteiger partial charge in [-0.1, -0.05) is 24.8 Å². The van der Waals surface area contributed by atoms with Crippen molar-refractivity contribution < 1.29 is 14.3 Å². The zero-order chi connectivity index (χ0) is 18.4. The van der Waals surface area contributed by atoms with Crippen molar-refractivity contribution in [2.24, 2.45) is 0 Å². The molecule has 0 radical (unpaired) electrons. The molecule has 142 valence electrons. The van der Waals surface area contributed by atoms with Crippen molar-refractivity contribution in [1.82, 2.24) is 14.8 Å². The van der Waals surface area contributed by atoms with Crippen molar-refractivity contribution in [2.45, 2.75) is 44.2 Å². The molecule has 1 aromatic carbocycles. The predicted octanol–water partition coefficient (Wildman–Crippen LogP) is 3.17. The molecule has 6 heteroatoms. The second-order valence-electron chi connectivity index (χ2n) is 7.47. The van der Waals surface area contributed by atoms with Crippen molar-refractivity contribution in [2.75, 3.05) is 19.7 Å². The van der Waals surface area contributed by atoms with Crippen molar-refractivity contribution in [3.8, 4) is 0 Å². The van der Waals surface area contributed by atoms with Crippen molar-refractivity contribution in [1.29, 1.82) is 0 Å². The molecule has 4 heterocycles. The topological polar surface area (TPSA) is 55.7 Å². The van der Waals surface area contributed by atoms with Crippen LogP contribution in [-0.2, 0) is 15.9 Å². The van der Waals surface area contributed by atoms with E-state index in [0.717, 1.165) is 43.4 Å². The number of para-hydroxylation sites is 1. The minimum atomic E-state index is -0.498. The molecule has 1 saturated heterocycles. The number of carbonyl (C=O) groups excluding carboxylic acids is 1. The van der Waals surface area contributed by atoms with E-state index in [0.29, 0.717) is 13.2 Å². The Morgan fingerprint density at radius 1 is 1.33 bits per heavy atom. The highest BCUT2D eigenvalue weighted by molar-refractivity contribution is 5.96. The Labute approximate surface area is 158 Å². The molecule has 1 fully saturated rings. The second-order valence-corrected chi connectivity index (χ2v) is 7.47. The van der Waals surface area contributed by atoms with Gasteiger partial charge in [-0.15, -0.1) is 0 Å². The Morgan fingerprint density at radius 2 is 2.22 bits per heavy atom. The summed E-state index contributed by atoms with van der Waals surface area (Å²) >= 11 is 0. The molecule has 0 bridgehead atoms. The molecule has 3 aliphatic rings. The summed E-state index contributed by atoms with van der Waals surface area (Å²) in [5, 5.41) is 4.76. The van der Waals surface area contributed by atoms with Gasteiger partial charge in [0, 0.05) is 18.5 Å². The lowest BCUT2D eigenvalue weighted by atomic mass is 9.98. The first-order chi connectivity index (χ1) is 13.3. The van der Waals surface area contributed by atoms with Gasteiger partial charge in [-0.25, -0.2) is 4.79 Å². The smallest absolute Gasteiger partial charge is 0.331 e. The van der Waals surface area contributed by atoms with Gasteiger partial charge < -0.3 is 14.8 Å². The summed E-state index contributed by atoms with van der Waals surface area (Å²) in [6, 6.07) is 8.24. The molecular formula is C21H25N3O3. The molecular weight excluding hydrogens is 342 g/mol. The Kier molecular flexibility index (Phi) is 4.27. The van der Waals surface area contributed by atoms with Crippen LogP contribution in [-0.4, -0.2) is 47.7 Å². The van der Waals surface area contributed by atoms with Crippen molar-refractivity contribution in [3.63, 3.8) is 0 Å². The number of carbonyl (C=O) groups is 1. The van der Waals surface area contributed by atoms with Crippen LogP contribution in [0.4, 0.5) is 4.79 Å². The quantitative estimate of drug-likeness (QED) is 0.844. The Hall–Kier alpha value is -2.15. The lowest BCUT2D eigenvalue weighted by Gasteiger charge is -2.41. The highest BCUT2D eigenvalue weighted by atomic mass is 16.7. The predicted molar refractivity (Wildman–Crippen MR) is 103 cm³/mol. The number of rotatable bonds is 4. The van der Waals surface area contributed by atoms with Gasteiger partial charge in [-0.05, 0) is 49.9 Å². The molecule has 2 aromatic rings. The van der Waals surface area contributed by atoms with Gasteiger partial charge in [0.1, 0.15) is 0 Å². The summed E-state index contributed by atoms with van der Waals surface area (Å²) in [5.74, 6) is 0. The zero-order valence-electron chi connectivity index (χ0n) is 15.4. The van der Waals surface area contributed by atoms with Crippen LogP contribution in [0.25, 0.3) is 10.9 Å². The maximum absolute atomic E-state index is 13.5. The maximum Gasteiger partial charge on any atom is 0.331 e. The largest absolute Gasteiger partial charge is 0.353 e. The molecule has 1 aromatic heterocycles. The van der Waals surface area contributed by atoms with Crippen LogP contribution in [0.15, 0.2) is 36.9 Å².